The fourth-order valence-corrected chi connectivity index (χ4v) is 4.78. The van der Waals surface area contributed by atoms with Crippen LogP contribution < -0.4 is 4.72 Å². The minimum absolute atomic E-state index is 0.168. The smallest absolute Gasteiger partial charge is 0.250 e. The normalized spacial score (nSPS) is 25.1. The summed E-state index contributed by atoms with van der Waals surface area (Å²) in [6.45, 7) is 10.2. The second-order valence-electron chi connectivity index (χ2n) is 6.23. The monoisotopic (exact) mass is 332 g/mol. The van der Waals surface area contributed by atoms with Crippen molar-refractivity contribution in [2.75, 3.05) is 19.6 Å². The SMILES string of the molecule is C[C@@H]1CN(C(C)(C)CNS(=O)(=O)c2cccs2)C[C@@H](C)O1. The molecule has 1 aliphatic heterocycles. The lowest BCUT2D eigenvalue weighted by Crippen LogP contribution is -2.58. The van der Waals surface area contributed by atoms with Crippen LogP contribution in [-0.2, 0) is 14.8 Å². The van der Waals surface area contributed by atoms with Gasteiger partial charge in [-0.2, -0.15) is 0 Å². The first-order valence-electron chi connectivity index (χ1n) is 7.14. The lowest BCUT2D eigenvalue weighted by Gasteiger charge is -2.45. The van der Waals surface area contributed by atoms with E-state index in [0.717, 1.165) is 13.1 Å². The first kappa shape index (κ1) is 16.9. The van der Waals surface area contributed by atoms with Crippen LogP contribution in [0.1, 0.15) is 27.7 Å². The van der Waals surface area contributed by atoms with Crippen molar-refractivity contribution in [3.05, 3.63) is 17.5 Å². The van der Waals surface area contributed by atoms with E-state index in [-0.39, 0.29) is 17.7 Å². The fourth-order valence-electron chi connectivity index (χ4n) is 2.54. The number of nitrogens with zero attached hydrogens (tertiary/aromatic N) is 1. The third-order valence-corrected chi connectivity index (χ3v) is 6.53. The number of rotatable bonds is 5. The minimum atomic E-state index is -3.41. The van der Waals surface area contributed by atoms with Crippen molar-refractivity contribution in [1.82, 2.24) is 9.62 Å². The van der Waals surface area contributed by atoms with Gasteiger partial charge in [-0.15, -0.1) is 11.3 Å². The first-order valence-corrected chi connectivity index (χ1v) is 9.51. The molecule has 0 amide bonds. The highest BCUT2D eigenvalue weighted by Crippen LogP contribution is 2.22. The van der Waals surface area contributed by atoms with Crippen LogP contribution in [0.4, 0.5) is 0 Å². The molecule has 7 heteroatoms. The van der Waals surface area contributed by atoms with E-state index < -0.39 is 10.0 Å². The van der Waals surface area contributed by atoms with E-state index in [0.29, 0.717) is 10.8 Å². The van der Waals surface area contributed by atoms with Crippen molar-refractivity contribution in [2.45, 2.75) is 49.7 Å². The molecule has 0 unspecified atom stereocenters. The topological polar surface area (TPSA) is 58.6 Å². The molecule has 2 rings (SSSR count). The maximum atomic E-state index is 12.2. The first-order chi connectivity index (χ1) is 9.71. The van der Waals surface area contributed by atoms with E-state index in [1.165, 1.54) is 11.3 Å². The van der Waals surface area contributed by atoms with Gasteiger partial charge in [0.25, 0.3) is 0 Å². The predicted molar refractivity (Wildman–Crippen MR) is 85.2 cm³/mol. The molecule has 0 saturated carbocycles. The maximum Gasteiger partial charge on any atom is 0.250 e. The molecule has 120 valence electrons. The van der Waals surface area contributed by atoms with Gasteiger partial charge in [-0.1, -0.05) is 6.07 Å². The van der Waals surface area contributed by atoms with Crippen molar-refractivity contribution >= 4 is 21.4 Å². The molecule has 0 radical (unpaired) electrons. The zero-order valence-corrected chi connectivity index (χ0v) is 14.6. The summed E-state index contributed by atoms with van der Waals surface area (Å²) in [4.78, 5) is 2.29. The van der Waals surface area contributed by atoms with E-state index in [1.807, 2.05) is 0 Å². The number of nitrogens with one attached hydrogen (secondary N) is 1. The Hall–Kier alpha value is -0.470. The molecule has 0 aliphatic carbocycles. The van der Waals surface area contributed by atoms with Crippen LogP contribution in [0.5, 0.6) is 0 Å². The van der Waals surface area contributed by atoms with Crippen LogP contribution in [0.15, 0.2) is 21.7 Å². The highest BCUT2D eigenvalue weighted by atomic mass is 32.2. The molecule has 2 atom stereocenters. The quantitative estimate of drug-likeness (QED) is 0.895. The third-order valence-electron chi connectivity index (χ3n) is 3.73. The van der Waals surface area contributed by atoms with Gasteiger partial charge >= 0.3 is 0 Å². The molecule has 1 saturated heterocycles. The molecule has 1 fully saturated rings. The maximum absolute atomic E-state index is 12.2. The Balaban J connectivity index is 2.01. The summed E-state index contributed by atoms with van der Waals surface area (Å²) in [5.41, 5.74) is -0.253. The summed E-state index contributed by atoms with van der Waals surface area (Å²) in [7, 11) is -3.41. The van der Waals surface area contributed by atoms with Crippen molar-refractivity contribution in [1.29, 1.82) is 0 Å². The number of ether oxygens (including phenoxy) is 1. The molecule has 2 heterocycles. The Morgan fingerprint density at radius 3 is 2.52 bits per heavy atom. The van der Waals surface area contributed by atoms with Crippen LogP contribution >= 0.6 is 11.3 Å². The summed E-state index contributed by atoms with van der Waals surface area (Å²) in [6, 6.07) is 3.37. The number of hydrogen-bond donors (Lipinski definition) is 1. The van der Waals surface area contributed by atoms with Crippen molar-refractivity contribution in [3.8, 4) is 0 Å². The zero-order valence-electron chi connectivity index (χ0n) is 13.0. The standard InChI is InChI=1S/C14H24N2O3S2/c1-11-8-16(9-12(2)19-11)14(3,4)10-15-21(17,18)13-6-5-7-20-13/h5-7,11-12,15H,8-10H2,1-4H3/t11-,12-/m1/s1. The average molecular weight is 332 g/mol. The molecule has 21 heavy (non-hydrogen) atoms. The van der Waals surface area contributed by atoms with E-state index in [9.17, 15) is 8.42 Å². The van der Waals surface area contributed by atoms with Crippen molar-refractivity contribution < 1.29 is 13.2 Å². The number of thiophene rings is 1. The number of morpholine rings is 1. The van der Waals surface area contributed by atoms with Gasteiger partial charge in [0.2, 0.25) is 10.0 Å². The van der Waals surface area contributed by atoms with Crippen LogP contribution in [0.25, 0.3) is 0 Å². The third kappa shape index (κ3) is 4.26. The second-order valence-corrected chi connectivity index (χ2v) is 9.17. The Bertz CT molecular complexity index is 545. The van der Waals surface area contributed by atoms with Gasteiger partial charge in [-0.25, -0.2) is 13.1 Å². The molecular formula is C14H24N2O3S2. The number of hydrogen-bond acceptors (Lipinski definition) is 5. The average Bonchev–Trinajstić information content (AvgIpc) is 2.90. The van der Waals surface area contributed by atoms with E-state index in [2.05, 4.69) is 37.3 Å². The molecule has 1 aromatic rings. The lowest BCUT2D eigenvalue weighted by atomic mass is 10.0. The van der Waals surface area contributed by atoms with Gasteiger partial charge in [0.05, 0.1) is 12.2 Å². The molecule has 0 aromatic carbocycles. The molecule has 1 aliphatic rings. The Labute approximate surface area is 131 Å². The van der Waals surface area contributed by atoms with Gasteiger partial charge in [0.1, 0.15) is 4.21 Å². The van der Waals surface area contributed by atoms with Crippen LogP contribution in [0.3, 0.4) is 0 Å². The highest BCUT2D eigenvalue weighted by Gasteiger charge is 2.34. The van der Waals surface area contributed by atoms with Gasteiger partial charge in [0, 0.05) is 25.2 Å². The van der Waals surface area contributed by atoms with Crippen molar-refractivity contribution in [3.63, 3.8) is 0 Å². The van der Waals surface area contributed by atoms with E-state index >= 15 is 0 Å². The second kappa shape index (κ2) is 6.34. The lowest BCUT2D eigenvalue weighted by molar-refractivity contribution is -0.0945. The summed E-state index contributed by atoms with van der Waals surface area (Å²) in [6.07, 6.45) is 0.337. The summed E-state index contributed by atoms with van der Waals surface area (Å²) in [5.74, 6) is 0. The molecule has 0 bridgehead atoms. The van der Waals surface area contributed by atoms with Crippen molar-refractivity contribution in [2.24, 2.45) is 0 Å². The van der Waals surface area contributed by atoms with E-state index in [1.54, 1.807) is 17.5 Å². The van der Waals surface area contributed by atoms with Gasteiger partial charge in [-0.3, -0.25) is 4.90 Å². The molecule has 1 aromatic heterocycles. The van der Waals surface area contributed by atoms with Crippen LogP contribution in [0.2, 0.25) is 0 Å². The predicted octanol–water partition coefficient (Wildman–Crippen LogP) is 1.91. The van der Waals surface area contributed by atoms with Crippen LogP contribution in [0, 0.1) is 0 Å². The molecule has 0 spiro atoms. The Kier molecular flexibility index (Phi) is 5.10. The Morgan fingerprint density at radius 2 is 2.00 bits per heavy atom. The largest absolute Gasteiger partial charge is 0.373 e. The number of sulfonamides is 1. The van der Waals surface area contributed by atoms with Gasteiger partial charge < -0.3 is 4.74 Å². The summed E-state index contributed by atoms with van der Waals surface area (Å²) < 4.78 is 33.2. The highest BCUT2D eigenvalue weighted by molar-refractivity contribution is 7.91. The molecular weight excluding hydrogens is 308 g/mol. The fraction of sp³-hybridized carbons (Fsp3) is 0.714. The zero-order chi connectivity index (χ0) is 15.7. The Morgan fingerprint density at radius 1 is 1.38 bits per heavy atom. The summed E-state index contributed by atoms with van der Waals surface area (Å²) in [5, 5.41) is 1.77. The molecule has 5 nitrogen and oxygen atoms in total. The minimum Gasteiger partial charge on any atom is -0.373 e. The van der Waals surface area contributed by atoms with Gasteiger partial charge in [0.15, 0.2) is 0 Å². The summed E-state index contributed by atoms with van der Waals surface area (Å²) >= 11 is 1.23. The van der Waals surface area contributed by atoms with Crippen LogP contribution in [-0.4, -0.2) is 50.7 Å². The molecule has 1 N–H and O–H groups in total. The van der Waals surface area contributed by atoms with Gasteiger partial charge in [-0.05, 0) is 39.1 Å². The van der Waals surface area contributed by atoms with E-state index in [4.69, 9.17) is 4.74 Å².